The van der Waals surface area contributed by atoms with Crippen molar-refractivity contribution in [1.29, 1.82) is 0 Å². The summed E-state index contributed by atoms with van der Waals surface area (Å²) < 4.78 is 5.11. The van der Waals surface area contributed by atoms with Crippen LogP contribution in [0.4, 0.5) is 11.6 Å². The Morgan fingerprint density at radius 3 is 2.48 bits per heavy atom. The molecule has 0 aliphatic carbocycles. The highest BCUT2D eigenvalue weighted by Crippen LogP contribution is 2.12. The first-order valence-electron chi connectivity index (χ1n) is 7.61. The molecule has 1 aromatic rings. The van der Waals surface area contributed by atoms with E-state index < -0.39 is 0 Å². The van der Waals surface area contributed by atoms with Gasteiger partial charge in [0.1, 0.15) is 18.2 Å². The van der Waals surface area contributed by atoms with Gasteiger partial charge >= 0.3 is 0 Å². The predicted octanol–water partition coefficient (Wildman–Crippen LogP) is 2.20. The van der Waals surface area contributed by atoms with Gasteiger partial charge < -0.3 is 20.3 Å². The van der Waals surface area contributed by atoms with Gasteiger partial charge in [0.2, 0.25) is 0 Å². The Hall–Kier alpha value is -1.40. The van der Waals surface area contributed by atoms with Crippen LogP contribution in [0.3, 0.4) is 0 Å². The van der Waals surface area contributed by atoms with Gasteiger partial charge in [0.05, 0.1) is 0 Å². The summed E-state index contributed by atoms with van der Waals surface area (Å²) in [5, 5.41) is 6.58. The molecule has 0 bridgehead atoms. The molecule has 0 fully saturated rings. The van der Waals surface area contributed by atoms with Crippen LogP contribution >= 0.6 is 0 Å². The van der Waals surface area contributed by atoms with Gasteiger partial charge in [0, 0.05) is 32.3 Å². The monoisotopic (exact) mass is 295 g/mol. The Balaban J connectivity index is 2.52. The topological polar surface area (TPSA) is 62.3 Å². The first kappa shape index (κ1) is 17.7. The maximum absolute atomic E-state index is 5.11. The highest BCUT2D eigenvalue weighted by Gasteiger charge is 2.05. The normalized spacial score (nSPS) is 11.2. The summed E-state index contributed by atoms with van der Waals surface area (Å²) in [5.74, 6) is 2.37. The van der Waals surface area contributed by atoms with Crippen molar-refractivity contribution < 1.29 is 4.74 Å². The molecule has 0 saturated heterocycles. The third-order valence-electron chi connectivity index (χ3n) is 3.28. The molecule has 2 N–H and O–H groups in total. The smallest absolute Gasteiger partial charge is 0.158 e. The molecule has 0 saturated carbocycles. The number of aromatic nitrogens is 2. The molecule has 0 radical (unpaired) electrons. The first-order chi connectivity index (χ1) is 10.1. The average Bonchev–Trinajstić information content (AvgIpc) is 2.44. The predicted molar refractivity (Wildman–Crippen MR) is 87.8 cm³/mol. The second-order valence-electron chi connectivity index (χ2n) is 5.37. The molecule has 1 heterocycles. The molecular formula is C15H29N5O. The van der Waals surface area contributed by atoms with Crippen LogP contribution in [0.2, 0.25) is 0 Å². The second-order valence-corrected chi connectivity index (χ2v) is 5.37. The van der Waals surface area contributed by atoms with E-state index in [0.29, 0.717) is 18.5 Å². The van der Waals surface area contributed by atoms with Gasteiger partial charge in [-0.2, -0.15) is 0 Å². The zero-order chi connectivity index (χ0) is 15.7. The van der Waals surface area contributed by atoms with E-state index in [0.717, 1.165) is 37.7 Å². The first-order valence-corrected chi connectivity index (χ1v) is 7.61. The molecule has 6 nitrogen and oxygen atoms in total. The molecule has 0 aliphatic heterocycles. The largest absolute Gasteiger partial charge is 0.377 e. The molecule has 6 heteroatoms. The van der Waals surface area contributed by atoms with E-state index in [1.807, 2.05) is 13.0 Å². The van der Waals surface area contributed by atoms with Crippen molar-refractivity contribution in [3.63, 3.8) is 0 Å². The standard InChI is InChI=1S/C15H29N5O/c1-6-16-13-10-14(19-15(18-13)11-21-5)17-8-7-9-20(4)12(2)3/h10,12H,6-9,11H2,1-5H3,(H2,16,17,18,19). The lowest BCUT2D eigenvalue weighted by atomic mass is 10.3. The Labute approximate surface area is 128 Å². The van der Waals surface area contributed by atoms with Crippen LogP contribution in [0.25, 0.3) is 0 Å². The molecule has 0 spiro atoms. The summed E-state index contributed by atoms with van der Waals surface area (Å²) in [7, 11) is 3.80. The Morgan fingerprint density at radius 1 is 1.24 bits per heavy atom. The van der Waals surface area contributed by atoms with Crippen LogP contribution in [0, 0.1) is 0 Å². The van der Waals surface area contributed by atoms with Crippen molar-refractivity contribution in [2.24, 2.45) is 0 Å². The minimum Gasteiger partial charge on any atom is -0.377 e. The highest BCUT2D eigenvalue weighted by atomic mass is 16.5. The third kappa shape index (κ3) is 6.73. The molecule has 0 amide bonds. The molecule has 1 aromatic heterocycles. The Bertz CT molecular complexity index is 387. The number of methoxy groups -OCH3 is 1. The number of anilines is 2. The van der Waals surface area contributed by atoms with E-state index in [4.69, 9.17) is 4.74 Å². The second kappa shape index (κ2) is 9.52. The summed E-state index contributed by atoms with van der Waals surface area (Å²) >= 11 is 0. The fourth-order valence-corrected chi connectivity index (χ4v) is 1.86. The molecule has 21 heavy (non-hydrogen) atoms. The van der Waals surface area contributed by atoms with Gasteiger partial charge in [-0.05, 0) is 40.8 Å². The quantitative estimate of drug-likeness (QED) is 0.645. The number of nitrogens with zero attached hydrogens (tertiary/aromatic N) is 3. The van der Waals surface area contributed by atoms with E-state index >= 15 is 0 Å². The van der Waals surface area contributed by atoms with E-state index in [1.54, 1.807) is 7.11 Å². The van der Waals surface area contributed by atoms with Crippen LogP contribution in [0.5, 0.6) is 0 Å². The zero-order valence-electron chi connectivity index (χ0n) is 13.9. The van der Waals surface area contributed by atoms with Gasteiger partial charge in [0.25, 0.3) is 0 Å². The van der Waals surface area contributed by atoms with Crippen LogP contribution in [-0.4, -0.2) is 54.7 Å². The van der Waals surface area contributed by atoms with Crippen molar-refractivity contribution in [1.82, 2.24) is 14.9 Å². The van der Waals surface area contributed by atoms with Gasteiger partial charge in [-0.1, -0.05) is 0 Å². The fourth-order valence-electron chi connectivity index (χ4n) is 1.86. The molecule has 0 atom stereocenters. The summed E-state index contributed by atoms with van der Waals surface area (Å²) in [6.07, 6.45) is 1.08. The molecule has 1 rings (SSSR count). The van der Waals surface area contributed by atoms with E-state index in [-0.39, 0.29) is 0 Å². The van der Waals surface area contributed by atoms with Crippen molar-refractivity contribution >= 4 is 11.6 Å². The lowest BCUT2D eigenvalue weighted by molar-refractivity contribution is 0.178. The molecule has 120 valence electrons. The lowest BCUT2D eigenvalue weighted by Gasteiger charge is -2.20. The van der Waals surface area contributed by atoms with Gasteiger partial charge in [-0.15, -0.1) is 0 Å². The molecule has 0 aromatic carbocycles. The van der Waals surface area contributed by atoms with E-state index in [2.05, 4.69) is 46.4 Å². The minimum atomic E-state index is 0.421. The number of nitrogens with one attached hydrogen (secondary N) is 2. The van der Waals surface area contributed by atoms with E-state index in [1.165, 1.54) is 0 Å². The number of hydrogen-bond donors (Lipinski definition) is 2. The van der Waals surface area contributed by atoms with Gasteiger partial charge in [-0.3, -0.25) is 0 Å². The summed E-state index contributed by atoms with van der Waals surface area (Å²) in [6.45, 7) is 9.68. The van der Waals surface area contributed by atoms with Crippen LogP contribution in [0.15, 0.2) is 6.07 Å². The van der Waals surface area contributed by atoms with Crippen molar-refractivity contribution in [2.75, 3.05) is 44.4 Å². The highest BCUT2D eigenvalue weighted by molar-refractivity contribution is 5.47. The summed E-state index contributed by atoms with van der Waals surface area (Å²) in [5.41, 5.74) is 0. The average molecular weight is 295 g/mol. The maximum atomic E-state index is 5.11. The number of ether oxygens (including phenoxy) is 1. The van der Waals surface area contributed by atoms with Crippen molar-refractivity contribution in [3.8, 4) is 0 Å². The summed E-state index contributed by atoms with van der Waals surface area (Å²) in [4.78, 5) is 11.2. The number of rotatable bonds is 10. The summed E-state index contributed by atoms with van der Waals surface area (Å²) in [6, 6.07) is 2.52. The molecular weight excluding hydrogens is 266 g/mol. The molecule has 0 aliphatic rings. The lowest BCUT2D eigenvalue weighted by Crippen LogP contribution is -2.28. The van der Waals surface area contributed by atoms with Crippen molar-refractivity contribution in [3.05, 3.63) is 11.9 Å². The van der Waals surface area contributed by atoms with Crippen LogP contribution < -0.4 is 10.6 Å². The van der Waals surface area contributed by atoms with Crippen molar-refractivity contribution in [2.45, 2.75) is 39.8 Å². The number of hydrogen-bond acceptors (Lipinski definition) is 6. The Morgan fingerprint density at radius 2 is 1.90 bits per heavy atom. The van der Waals surface area contributed by atoms with Crippen LogP contribution in [-0.2, 0) is 11.3 Å². The van der Waals surface area contributed by atoms with E-state index in [9.17, 15) is 0 Å². The SMILES string of the molecule is CCNc1cc(NCCCN(C)C(C)C)nc(COC)n1. The van der Waals surface area contributed by atoms with Gasteiger partial charge in [0.15, 0.2) is 5.82 Å². The van der Waals surface area contributed by atoms with Crippen LogP contribution in [0.1, 0.15) is 33.0 Å². The fraction of sp³-hybridized carbons (Fsp3) is 0.733. The third-order valence-corrected chi connectivity index (χ3v) is 3.28. The minimum absolute atomic E-state index is 0.421. The Kier molecular flexibility index (Phi) is 8.00. The van der Waals surface area contributed by atoms with Gasteiger partial charge in [-0.25, -0.2) is 9.97 Å². The molecule has 0 unspecified atom stereocenters. The zero-order valence-corrected chi connectivity index (χ0v) is 13.9. The maximum Gasteiger partial charge on any atom is 0.158 e.